The van der Waals surface area contributed by atoms with Gasteiger partial charge in [0.25, 0.3) is 0 Å². The Kier molecular flexibility index (Phi) is 8.59. The molecule has 0 bridgehead atoms. The summed E-state index contributed by atoms with van der Waals surface area (Å²) in [6, 6.07) is 9.81. The Balaban J connectivity index is 0.000000450. The van der Waals surface area contributed by atoms with Gasteiger partial charge in [0.2, 0.25) is 5.91 Å². The highest BCUT2D eigenvalue weighted by Crippen LogP contribution is 2.12. The fourth-order valence-electron chi connectivity index (χ4n) is 2.36. The lowest BCUT2D eigenvalue weighted by atomic mass is 10.2. The zero-order valence-corrected chi connectivity index (χ0v) is 14.6. The van der Waals surface area contributed by atoms with Crippen molar-refractivity contribution in [2.45, 2.75) is 6.92 Å². The molecule has 8 nitrogen and oxygen atoms in total. The van der Waals surface area contributed by atoms with Crippen molar-refractivity contribution in [2.75, 3.05) is 51.2 Å². The number of carbonyl (C=O) groups is 3. The number of hydrogen-bond donors (Lipinski definition) is 2. The normalized spacial score (nSPS) is 15.0. The van der Waals surface area contributed by atoms with Crippen LogP contribution in [0.15, 0.2) is 30.3 Å². The van der Waals surface area contributed by atoms with Crippen molar-refractivity contribution in [1.29, 1.82) is 0 Å². The third-order valence-corrected chi connectivity index (χ3v) is 3.97. The van der Waals surface area contributed by atoms with Crippen LogP contribution >= 0.6 is 0 Å². The minimum Gasteiger partial charge on any atom is -0.473 e. The van der Waals surface area contributed by atoms with Crippen molar-refractivity contribution in [3.05, 3.63) is 30.3 Å². The highest BCUT2D eigenvalue weighted by molar-refractivity contribution is 6.27. The third-order valence-electron chi connectivity index (χ3n) is 3.97. The summed E-state index contributed by atoms with van der Waals surface area (Å²) in [5, 5.41) is 14.8. The maximum Gasteiger partial charge on any atom is 0.414 e. The van der Waals surface area contributed by atoms with Crippen LogP contribution in [0.5, 0.6) is 0 Å². The number of piperazine rings is 1. The van der Waals surface area contributed by atoms with Gasteiger partial charge in [-0.1, -0.05) is 25.1 Å². The Hall–Kier alpha value is -2.45. The molecule has 1 aliphatic rings. The van der Waals surface area contributed by atoms with E-state index in [1.807, 2.05) is 37.4 Å². The van der Waals surface area contributed by atoms with Crippen molar-refractivity contribution >= 4 is 23.5 Å². The lowest BCUT2D eigenvalue weighted by Gasteiger charge is -2.34. The first-order valence-corrected chi connectivity index (χ1v) is 8.07. The van der Waals surface area contributed by atoms with Gasteiger partial charge in [-0.2, -0.15) is 0 Å². The molecule has 0 aromatic heterocycles. The second-order valence-electron chi connectivity index (χ2n) is 5.61. The van der Waals surface area contributed by atoms with Crippen molar-refractivity contribution in [3.8, 4) is 0 Å². The summed E-state index contributed by atoms with van der Waals surface area (Å²) in [7, 11) is 1.85. The first kappa shape index (κ1) is 20.6. The van der Waals surface area contributed by atoms with Gasteiger partial charge < -0.3 is 20.0 Å². The summed E-state index contributed by atoms with van der Waals surface area (Å²) in [5.41, 5.74) is 0.958. The van der Waals surface area contributed by atoms with E-state index in [2.05, 4.69) is 16.7 Å². The van der Waals surface area contributed by atoms with Gasteiger partial charge in [-0.3, -0.25) is 9.69 Å². The summed E-state index contributed by atoms with van der Waals surface area (Å²) < 4.78 is 0. The molecule has 1 fully saturated rings. The summed E-state index contributed by atoms with van der Waals surface area (Å²) in [5.74, 6) is -3.49. The van der Waals surface area contributed by atoms with E-state index in [-0.39, 0.29) is 5.91 Å². The minimum absolute atomic E-state index is 0.163. The lowest BCUT2D eigenvalue weighted by molar-refractivity contribution is -0.159. The summed E-state index contributed by atoms with van der Waals surface area (Å²) in [4.78, 5) is 36.8. The lowest BCUT2D eigenvalue weighted by Crippen LogP contribution is -2.49. The van der Waals surface area contributed by atoms with Gasteiger partial charge in [0.05, 0.1) is 6.54 Å². The number of carbonyl (C=O) groups excluding carboxylic acids is 1. The van der Waals surface area contributed by atoms with Gasteiger partial charge in [-0.05, 0) is 18.7 Å². The molecule has 1 aromatic rings. The van der Waals surface area contributed by atoms with Crippen LogP contribution in [0.3, 0.4) is 0 Å². The smallest absolute Gasteiger partial charge is 0.414 e. The number of hydrogen-bond acceptors (Lipinski definition) is 5. The second kappa shape index (κ2) is 10.4. The zero-order chi connectivity index (χ0) is 18.8. The molecule has 0 unspecified atom stereocenters. The van der Waals surface area contributed by atoms with Crippen LogP contribution in [0.4, 0.5) is 5.69 Å². The van der Waals surface area contributed by atoms with Crippen LogP contribution in [0.1, 0.15) is 6.92 Å². The largest absolute Gasteiger partial charge is 0.473 e. The average Bonchev–Trinajstić information content (AvgIpc) is 2.62. The molecule has 2 N–H and O–H groups in total. The van der Waals surface area contributed by atoms with Crippen molar-refractivity contribution < 1.29 is 24.6 Å². The van der Waals surface area contributed by atoms with E-state index in [1.54, 1.807) is 4.90 Å². The van der Waals surface area contributed by atoms with Crippen LogP contribution < -0.4 is 4.90 Å². The number of anilines is 1. The molecule has 0 aliphatic carbocycles. The van der Waals surface area contributed by atoms with Crippen molar-refractivity contribution in [2.24, 2.45) is 0 Å². The van der Waals surface area contributed by atoms with Crippen LogP contribution in [0.2, 0.25) is 0 Å². The number of rotatable bonds is 4. The molecule has 138 valence electrons. The van der Waals surface area contributed by atoms with Gasteiger partial charge in [-0.15, -0.1) is 0 Å². The SMILES string of the molecule is CCN1CCN(CC(=O)N(C)c2ccccc2)CC1.O=C(O)C(=O)O. The van der Waals surface area contributed by atoms with Gasteiger partial charge >= 0.3 is 11.9 Å². The molecular weight excluding hydrogens is 326 g/mol. The van der Waals surface area contributed by atoms with E-state index in [4.69, 9.17) is 19.8 Å². The first-order chi connectivity index (χ1) is 11.8. The summed E-state index contributed by atoms with van der Waals surface area (Å²) >= 11 is 0. The highest BCUT2D eigenvalue weighted by atomic mass is 16.4. The second-order valence-corrected chi connectivity index (χ2v) is 5.61. The number of nitrogens with zero attached hydrogens (tertiary/aromatic N) is 3. The number of carboxylic acid groups (broad SMARTS) is 2. The van der Waals surface area contributed by atoms with Crippen LogP contribution in [0.25, 0.3) is 0 Å². The number of likely N-dealkylation sites (N-methyl/N-ethyl adjacent to an activating group) is 2. The Labute approximate surface area is 147 Å². The number of benzene rings is 1. The van der Waals surface area contributed by atoms with E-state index in [1.165, 1.54) is 0 Å². The topological polar surface area (TPSA) is 101 Å². The highest BCUT2D eigenvalue weighted by Gasteiger charge is 2.19. The maximum atomic E-state index is 12.2. The number of para-hydroxylation sites is 1. The molecule has 8 heteroatoms. The molecule has 1 heterocycles. The van der Waals surface area contributed by atoms with Crippen molar-refractivity contribution in [1.82, 2.24) is 9.80 Å². The molecule has 1 saturated heterocycles. The van der Waals surface area contributed by atoms with E-state index in [0.717, 1.165) is 38.4 Å². The molecule has 1 amide bonds. The molecule has 25 heavy (non-hydrogen) atoms. The quantitative estimate of drug-likeness (QED) is 0.759. The molecule has 1 aromatic carbocycles. The first-order valence-electron chi connectivity index (χ1n) is 8.07. The van der Waals surface area contributed by atoms with E-state index >= 15 is 0 Å². The third kappa shape index (κ3) is 7.32. The number of carboxylic acids is 2. The Bertz CT molecular complexity index is 559. The van der Waals surface area contributed by atoms with Crippen LogP contribution in [-0.4, -0.2) is 84.2 Å². The molecule has 1 aliphatic heterocycles. The fourth-order valence-corrected chi connectivity index (χ4v) is 2.36. The monoisotopic (exact) mass is 351 g/mol. The Morgan fingerprint density at radius 1 is 0.960 bits per heavy atom. The van der Waals surface area contributed by atoms with Gasteiger partial charge in [-0.25, -0.2) is 9.59 Å². The van der Waals surface area contributed by atoms with E-state index in [9.17, 15) is 4.79 Å². The summed E-state index contributed by atoms with van der Waals surface area (Å²) in [6.45, 7) is 7.92. The molecule has 0 saturated carbocycles. The standard InChI is InChI=1S/C15H23N3O.C2H2O4/c1-3-17-9-11-18(12-10-17)13-15(19)16(2)14-7-5-4-6-8-14;3-1(4)2(5)6/h4-8H,3,9-13H2,1-2H3;(H,3,4)(H,5,6). The summed E-state index contributed by atoms with van der Waals surface area (Å²) in [6.07, 6.45) is 0. The maximum absolute atomic E-state index is 12.2. The van der Waals surface area contributed by atoms with Crippen LogP contribution in [-0.2, 0) is 14.4 Å². The van der Waals surface area contributed by atoms with Gasteiger partial charge in [0.1, 0.15) is 0 Å². The molecule has 0 spiro atoms. The van der Waals surface area contributed by atoms with Gasteiger partial charge in [0.15, 0.2) is 0 Å². The van der Waals surface area contributed by atoms with E-state index < -0.39 is 11.9 Å². The molecule has 0 radical (unpaired) electrons. The predicted octanol–water partition coefficient (Wildman–Crippen LogP) is 0.443. The minimum atomic E-state index is -1.82. The molecular formula is C17H25N3O5. The Morgan fingerprint density at radius 3 is 1.88 bits per heavy atom. The molecule has 2 rings (SSSR count). The van der Waals surface area contributed by atoms with Gasteiger partial charge in [0, 0.05) is 38.9 Å². The number of amides is 1. The zero-order valence-electron chi connectivity index (χ0n) is 14.6. The van der Waals surface area contributed by atoms with Crippen LogP contribution in [0, 0.1) is 0 Å². The number of aliphatic carboxylic acids is 2. The fraction of sp³-hybridized carbons (Fsp3) is 0.471. The predicted molar refractivity (Wildman–Crippen MR) is 93.7 cm³/mol. The average molecular weight is 351 g/mol. The van der Waals surface area contributed by atoms with E-state index in [0.29, 0.717) is 6.54 Å². The Morgan fingerprint density at radius 2 is 1.44 bits per heavy atom. The molecule has 0 atom stereocenters. The van der Waals surface area contributed by atoms with Crippen molar-refractivity contribution in [3.63, 3.8) is 0 Å².